The van der Waals surface area contributed by atoms with Gasteiger partial charge in [0.15, 0.2) is 0 Å². The second kappa shape index (κ2) is 6.17. The summed E-state index contributed by atoms with van der Waals surface area (Å²) in [6.45, 7) is -0.153. The molecule has 1 aliphatic carbocycles. The highest BCUT2D eigenvalue weighted by atomic mass is 19.4. The maximum atomic E-state index is 12.7. The fourth-order valence-corrected chi connectivity index (χ4v) is 3.67. The zero-order valence-corrected chi connectivity index (χ0v) is 13.2. The minimum Gasteiger partial charge on any atom is -0.334 e. The molecule has 4 nitrogen and oxygen atoms in total. The van der Waals surface area contributed by atoms with Gasteiger partial charge in [-0.1, -0.05) is 6.07 Å². The van der Waals surface area contributed by atoms with Crippen molar-refractivity contribution >= 4 is 17.5 Å². The van der Waals surface area contributed by atoms with Crippen molar-refractivity contribution in [3.05, 3.63) is 29.3 Å². The maximum absolute atomic E-state index is 12.7. The number of nitrogens with zero attached hydrogens (tertiary/aromatic N) is 1. The van der Waals surface area contributed by atoms with Gasteiger partial charge < -0.3 is 10.2 Å². The summed E-state index contributed by atoms with van der Waals surface area (Å²) in [5.41, 5.74) is 1.31. The van der Waals surface area contributed by atoms with Gasteiger partial charge in [-0.2, -0.15) is 26.3 Å². The van der Waals surface area contributed by atoms with Crippen LogP contribution in [0, 0.1) is 5.92 Å². The van der Waals surface area contributed by atoms with E-state index < -0.39 is 30.1 Å². The molecule has 2 aliphatic rings. The molecule has 1 aromatic rings. The summed E-state index contributed by atoms with van der Waals surface area (Å²) in [7, 11) is 0. The molecule has 0 saturated carbocycles. The zero-order chi connectivity index (χ0) is 19.3. The minimum atomic E-state index is -5.04. The first kappa shape index (κ1) is 18.5. The lowest BCUT2D eigenvalue weighted by Gasteiger charge is -2.42. The van der Waals surface area contributed by atoms with Crippen LogP contribution in [0.15, 0.2) is 18.2 Å². The molecule has 2 amide bonds. The molecule has 1 fully saturated rings. The average molecular weight is 380 g/mol. The third-order valence-electron chi connectivity index (χ3n) is 4.68. The number of alkyl halides is 6. The highest BCUT2D eigenvalue weighted by Gasteiger charge is 2.46. The smallest absolute Gasteiger partial charge is 0.334 e. The summed E-state index contributed by atoms with van der Waals surface area (Å²) in [6.07, 6.45) is -9.02. The van der Waals surface area contributed by atoms with Crippen molar-refractivity contribution in [2.45, 2.75) is 31.1 Å². The van der Waals surface area contributed by atoms with Crippen LogP contribution in [0.5, 0.6) is 0 Å². The third-order valence-corrected chi connectivity index (χ3v) is 4.68. The highest BCUT2D eigenvalue weighted by molar-refractivity contribution is 5.95. The molecule has 26 heavy (non-hydrogen) atoms. The summed E-state index contributed by atoms with van der Waals surface area (Å²) >= 11 is 0. The third kappa shape index (κ3) is 3.63. The van der Waals surface area contributed by atoms with E-state index in [2.05, 4.69) is 0 Å². The summed E-state index contributed by atoms with van der Waals surface area (Å²) < 4.78 is 75.1. The lowest BCUT2D eigenvalue weighted by Crippen LogP contribution is -2.50. The Balaban J connectivity index is 1.83. The van der Waals surface area contributed by atoms with Crippen LogP contribution in [0.3, 0.4) is 0 Å². The Morgan fingerprint density at radius 2 is 1.73 bits per heavy atom. The second-order valence-corrected chi connectivity index (χ2v) is 6.58. The van der Waals surface area contributed by atoms with Crippen molar-refractivity contribution in [3.8, 4) is 0 Å². The number of nitrogens with one attached hydrogen (secondary N) is 1. The van der Waals surface area contributed by atoms with Crippen LogP contribution in [-0.4, -0.2) is 42.2 Å². The van der Waals surface area contributed by atoms with Gasteiger partial charge in [0.05, 0.1) is 0 Å². The summed E-state index contributed by atoms with van der Waals surface area (Å²) in [6, 6.07) is 4.26. The van der Waals surface area contributed by atoms with E-state index in [1.165, 1.54) is 12.1 Å². The summed E-state index contributed by atoms with van der Waals surface area (Å²) in [5.74, 6) is -4.57. The number of carbonyl (C=O) groups is 2. The number of piperidine rings is 1. The molecule has 142 valence electrons. The zero-order valence-electron chi connectivity index (χ0n) is 13.2. The van der Waals surface area contributed by atoms with Crippen LogP contribution < -0.4 is 5.32 Å². The topological polar surface area (TPSA) is 49.4 Å². The Kier molecular flexibility index (Phi) is 4.40. The first-order valence-corrected chi connectivity index (χ1v) is 7.82. The van der Waals surface area contributed by atoms with Crippen molar-refractivity contribution in [2.24, 2.45) is 5.92 Å². The molecular formula is C16H14F6N2O2. The van der Waals surface area contributed by atoms with E-state index in [0.717, 1.165) is 10.5 Å². The molecule has 1 aromatic carbocycles. The highest BCUT2D eigenvalue weighted by Crippen LogP contribution is 2.41. The van der Waals surface area contributed by atoms with Crippen LogP contribution in [0.25, 0.3) is 0 Å². The lowest BCUT2D eigenvalue weighted by molar-refractivity contribution is -0.187. The van der Waals surface area contributed by atoms with Crippen molar-refractivity contribution in [1.82, 2.24) is 4.90 Å². The maximum Gasteiger partial charge on any atom is 0.471 e. The number of fused-ring (bicyclic) bond motifs is 4. The molecule has 1 N–H and O–H groups in total. The molecule has 0 spiro atoms. The predicted octanol–water partition coefficient (Wildman–Crippen LogP) is 3.24. The van der Waals surface area contributed by atoms with E-state index >= 15 is 0 Å². The number of carbonyl (C=O) groups excluding carboxylic acids is 2. The molecule has 10 heteroatoms. The quantitative estimate of drug-likeness (QED) is 0.761. The molecule has 0 radical (unpaired) electrons. The van der Waals surface area contributed by atoms with Crippen molar-refractivity contribution in [2.75, 3.05) is 18.4 Å². The Morgan fingerprint density at radius 3 is 2.35 bits per heavy atom. The van der Waals surface area contributed by atoms with Crippen molar-refractivity contribution in [3.63, 3.8) is 0 Å². The van der Waals surface area contributed by atoms with Gasteiger partial charge in [0.1, 0.15) is 0 Å². The number of amides is 2. The Labute approximate surface area is 144 Å². The number of hydrogen-bond donors (Lipinski definition) is 1. The van der Waals surface area contributed by atoms with Crippen molar-refractivity contribution in [1.29, 1.82) is 0 Å². The van der Waals surface area contributed by atoms with Crippen molar-refractivity contribution < 1.29 is 35.9 Å². The minimum absolute atomic E-state index is 0.000838. The Hall–Kier alpha value is -2.26. The monoisotopic (exact) mass is 380 g/mol. The molecule has 0 aromatic heterocycles. The van der Waals surface area contributed by atoms with Gasteiger partial charge in [0, 0.05) is 24.7 Å². The first-order valence-electron chi connectivity index (χ1n) is 7.82. The predicted molar refractivity (Wildman–Crippen MR) is 78.3 cm³/mol. The number of hydrogen-bond acceptors (Lipinski definition) is 2. The van der Waals surface area contributed by atoms with Gasteiger partial charge in [-0.15, -0.1) is 0 Å². The van der Waals surface area contributed by atoms with E-state index in [0.29, 0.717) is 18.4 Å². The number of anilines is 1. The molecule has 1 heterocycles. The van der Waals surface area contributed by atoms with Gasteiger partial charge in [-0.05, 0) is 42.0 Å². The van der Waals surface area contributed by atoms with E-state index in [4.69, 9.17) is 0 Å². The largest absolute Gasteiger partial charge is 0.471 e. The normalized spacial score (nSPS) is 22.6. The van der Waals surface area contributed by atoms with Crippen LogP contribution in [-0.2, 0) is 16.0 Å². The molecule has 2 atom stereocenters. The standard InChI is InChI=1S/C16H14F6N2O2/c17-15(18,19)13(25)23-11-2-1-9-3-8-4-10(12(9)5-11)7-24(6-8)14(26)16(20,21)22/h1-2,5,8,10H,3-4,6-7H2,(H,23,25). The Bertz CT molecular complexity index is 743. The number of likely N-dealkylation sites (tertiary alicyclic amines) is 1. The molecule has 1 aliphatic heterocycles. The van der Waals surface area contributed by atoms with Crippen LogP contribution >= 0.6 is 0 Å². The van der Waals surface area contributed by atoms with Gasteiger partial charge in [-0.3, -0.25) is 9.59 Å². The second-order valence-electron chi connectivity index (χ2n) is 6.58. The number of rotatable bonds is 1. The van der Waals surface area contributed by atoms with Crippen LogP contribution in [0.1, 0.15) is 23.5 Å². The van der Waals surface area contributed by atoms with E-state index in [-0.39, 0.29) is 24.7 Å². The Morgan fingerprint density at radius 1 is 1.04 bits per heavy atom. The number of halogens is 6. The summed E-state index contributed by atoms with van der Waals surface area (Å²) in [4.78, 5) is 23.3. The van der Waals surface area contributed by atoms with E-state index in [1.54, 1.807) is 11.4 Å². The van der Waals surface area contributed by atoms with Gasteiger partial charge >= 0.3 is 24.2 Å². The van der Waals surface area contributed by atoms with Gasteiger partial charge in [0.2, 0.25) is 0 Å². The van der Waals surface area contributed by atoms with E-state index in [1.807, 2.05) is 0 Å². The molecule has 2 unspecified atom stereocenters. The fourth-order valence-electron chi connectivity index (χ4n) is 3.67. The molecule has 1 saturated heterocycles. The number of benzene rings is 1. The fraction of sp³-hybridized carbons (Fsp3) is 0.500. The van der Waals surface area contributed by atoms with E-state index in [9.17, 15) is 35.9 Å². The molecular weight excluding hydrogens is 366 g/mol. The average Bonchev–Trinajstić information content (AvgIpc) is 2.52. The van der Waals surface area contributed by atoms with Crippen LogP contribution in [0.2, 0.25) is 0 Å². The SMILES string of the molecule is O=C(Nc1ccc2c(c1)C1CC(C2)CN(C(=O)C(F)(F)F)C1)C(F)(F)F. The molecule has 2 bridgehead atoms. The summed E-state index contributed by atoms with van der Waals surface area (Å²) in [5, 5.41) is 1.74. The lowest BCUT2D eigenvalue weighted by atomic mass is 9.73. The first-order chi connectivity index (χ1) is 11.9. The van der Waals surface area contributed by atoms with Gasteiger partial charge in [-0.25, -0.2) is 0 Å². The molecule has 3 rings (SSSR count). The van der Waals surface area contributed by atoms with Crippen LogP contribution in [0.4, 0.5) is 32.0 Å². The van der Waals surface area contributed by atoms with Gasteiger partial charge in [0.25, 0.3) is 0 Å².